The van der Waals surface area contributed by atoms with Crippen molar-refractivity contribution in [2.75, 3.05) is 49.1 Å². The summed E-state index contributed by atoms with van der Waals surface area (Å²) < 4.78 is 6.23. The van der Waals surface area contributed by atoms with Gasteiger partial charge in [0.1, 0.15) is 29.4 Å². The van der Waals surface area contributed by atoms with Gasteiger partial charge in [0.2, 0.25) is 17.7 Å². The third kappa shape index (κ3) is 6.51. The Kier molecular flexibility index (Phi) is 9.28. The van der Waals surface area contributed by atoms with Crippen molar-refractivity contribution in [3.05, 3.63) is 93.9 Å². The second-order valence-electron chi connectivity index (χ2n) is 16.5. The zero-order valence-electron chi connectivity index (χ0n) is 32.5. The highest BCUT2D eigenvalue weighted by Gasteiger charge is 2.54. The van der Waals surface area contributed by atoms with Gasteiger partial charge in [-0.05, 0) is 74.7 Å². The van der Waals surface area contributed by atoms with Crippen LogP contribution in [0.15, 0.2) is 67.1 Å². The van der Waals surface area contributed by atoms with Crippen LogP contribution in [0.25, 0.3) is 22.2 Å². The molecular formula is C43H39Cl2N9O6. The van der Waals surface area contributed by atoms with Gasteiger partial charge in [0.15, 0.2) is 0 Å². The fourth-order valence-corrected chi connectivity index (χ4v) is 10.1. The average Bonchev–Trinajstić information content (AvgIpc) is 3.74. The summed E-state index contributed by atoms with van der Waals surface area (Å²) in [5.41, 5.74) is 4.55. The number of halogens is 2. The Bertz CT molecular complexity index is 2590. The van der Waals surface area contributed by atoms with Crippen molar-refractivity contribution >= 4 is 75.1 Å². The molecule has 5 aliphatic rings. The predicted molar refractivity (Wildman–Crippen MR) is 222 cm³/mol. The maximum Gasteiger partial charge on any atom is 0.262 e. The summed E-state index contributed by atoms with van der Waals surface area (Å²) in [6, 6.07) is 13.9. The van der Waals surface area contributed by atoms with E-state index in [0.717, 1.165) is 64.7 Å². The van der Waals surface area contributed by atoms with E-state index >= 15 is 0 Å². The average molecular weight is 849 g/mol. The topological polar surface area (TPSA) is 174 Å². The van der Waals surface area contributed by atoms with E-state index in [1.807, 2.05) is 54.4 Å². The zero-order chi connectivity index (χ0) is 41.4. The molecule has 4 fully saturated rings. The second-order valence-corrected chi connectivity index (χ2v) is 17.3. The van der Waals surface area contributed by atoms with E-state index in [2.05, 4.69) is 30.3 Å². The molecule has 4 saturated heterocycles. The number of anilines is 2. The molecule has 1 unspecified atom stereocenters. The van der Waals surface area contributed by atoms with E-state index < -0.39 is 35.8 Å². The first-order valence-electron chi connectivity index (χ1n) is 20.0. The van der Waals surface area contributed by atoms with Crippen LogP contribution in [0.1, 0.15) is 65.0 Å². The fraction of sp³-hybridized carbons (Fsp3) is 0.349. The van der Waals surface area contributed by atoms with Crippen molar-refractivity contribution in [1.29, 1.82) is 0 Å². The third-order valence-corrected chi connectivity index (χ3v) is 13.1. The van der Waals surface area contributed by atoms with Gasteiger partial charge in [-0.15, -0.1) is 0 Å². The lowest BCUT2D eigenvalue weighted by molar-refractivity contribution is -0.150. The number of benzene rings is 2. The van der Waals surface area contributed by atoms with Gasteiger partial charge in [0, 0.05) is 97.8 Å². The summed E-state index contributed by atoms with van der Waals surface area (Å²) in [6.07, 6.45) is 6.08. The van der Waals surface area contributed by atoms with Crippen molar-refractivity contribution < 1.29 is 28.7 Å². The van der Waals surface area contributed by atoms with Crippen LogP contribution >= 0.6 is 23.2 Å². The van der Waals surface area contributed by atoms with Crippen LogP contribution in [-0.2, 0) is 14.4 Å². The van der Waals surface area contributed by atoms with Crippen LogP contribution in [0.3, 0.4) is 0 Å². The molecule has 15 nitrogen and oxygen atoms in total. The smallest absolute Gasteiger partial charge is 0.262 e. The SMILES string of the molecule is C[C@@H](Oc1ccc2[nH]nc(-c3ccc(N4CC5(CN(C(=O)C6CCN(c7ccc8c(c7)C(=O)N(C7CCC(=O)NC7=O)C8=O)CC6)C5)C4)nc3)c2c1)c1c(Cl)cncc1Cl. The van der Waals surface area contributed by atoms with Crippen LogP contribution in [0.4, 0.5) is 11.5 Å². The van der Waals surface area contributed by atoms with Crippen molar-refractivity contribution in [3.8, 4) is 17.0 Å². The summed E-state index contributed by atoms with van der Waals surface area (Å²) in [7, 11) is 0. The first-order valence-corrected chi connectivity index (χ1v) is 20.8. The van der Waals surface area contributed by atoms with Crippen LogP contribution in [0.2, 0.25) is 10.0 Å². The van der Waals surface area contributed by atoms with Crippen LogP contribution in [0, 0.1) is 11.3 Å². The summed E-state index contributed by atoms with van der Waals surface area (Å²) in [5, 5.41) is 11.7. The minimum Gasteiger partial charge on any atom is -0.486 e. The van der Waals surface area contributed by atoms with Crippen molar-refractivity contribution in [1.82, 2.24) is 35.3 Å². The Morgan fingerprint density at radius 3 is 2.33 bits per heavy atom. The monoisotopic (exact) mass is 847 g/mol. The van der Waals surface area contributed by atoms with E-state index in [4.69, 9.17) is 32.9 Å². The molecule has 5 aromatic rings. The number of piperidine rings is 2. The fourth-order valence-electron chi connectivity index (χ4n) is 9.42. The number of imide groups is 2. The molecule has 2 N–H and O–H groups in total. The summed E-state index contributed by atoms with van der Waals surface area (Å²) in [6.45, 7) is 6.29. The standard InChI is InChI=1S/C43H39Cl2N9O6/c1-23(37-31(44)17-46-18-32(37)45)60-27-4-6-33-30(15-27)38(50-49-33)25-2-8-35(47-16-25)52-19-43(20-52)21-53(22-43)40(57)24-10-12-51(13-11-24)26-3-5-28-29(14-26)42(59)54(41(28)58)34-7-9-36(55)48-39(34)56/h2-6,8,14-18,23-24,34H,7,9-13,19-22H2,1H3,(H,49,50)(H,48,55,56)/t23-,34?/m1/s1. The minimum atomic E-state index is -1.00. The number of carbonyl (C=O) groups is 5. The van der Waals surface area contributed by atoms with Gasteiger partial charge in [-0.25, -0.2) is 4.98 Å². The van der Waals surface area contributed by atoms with Gasteiger partial charge in [-0.3, -0.25) is 44.3 Å². The molecular weight excluding hydrogens is 809 g/mol. The Morgan fingerprint density at radius 2 is 1.62 bits per heavy atom. The molecule has 2 aromatic carbocycles. The number of aromatic amines is 1. The maximum atomic E-state index is 13.6. The summed E-state index contributed by atoms with van der Waals surface area (Å²) in [5.74, 6) is -0.455. The maximum absolute atomic E-state index is 13.6. The quantitative estimate of drug-likeness (QED) is 0.191. The minimum absolute atomic E-state index is 0.0696. The molecule has 0 bridgehead atoms. The number of H-pyrrole nitrogens is 1. The zero-order valence-corrected chi connectivity index (χ0v) is 34.0. The van der Waals surface area contributed by atoms with Crippen LogP contribution in [0.5, 0.6) is 5.75 Å². The third-order valence-electron chi connectivity index (χ3n) is 12.5. The highest BCUT2D eigenvalue weighted by molar-refractivity contribution is 6.35. The molecule has 2 atom stereocenters. The highest BCUT2D eigenvalue weighted by atomic mass is 35.5. The lowest BCUT2D eigenvalue weighted by Gasteiger charge is -2.61. The van der Waals surface area contributed by atoms with E-state index in [1.54, 1.807) is 24.5 Å². The predicted octanol–water partition coefficient (Wildman–Crippen LogP) is 5.43. The number of aromatic nitrogens is 4. The van der Waals surface area contributed by atoms with Gasteiger partial charge in [-0.2, -0.15) is 5.10 Å². The largest absolute Gasteiger partial charge is 0.486 e. The van der Waals surface area contributed by atoms with E-state index in [9.17, 15) is 24.0 Å². The normalized spacial score (nSPS) is 20.6. The molecule has 17 heteroatoms. The molecule has 0 saturated carbocycles. The number of ether oxygens (including phenoxy) is 1. The van der Waals surface area contributed by atoms with Crippen molar-refractivity contribution in [3.63, 3.8) is 0 Å². The molecule has 0 radical (unpaired) electrons. The summed E-state index contributed by atoms with van der Waals surface area (Å²) in [4.78, 5) is 80.3. The molecule has 60 heavy (non-hydrogen) atoms. The van der Waals surface area contributed by atoms with Crippen LogP contribution < -0.4 is 19.9 Å². The summed E-state index contributed by atoms with van der Waals surface area (Å²) >= 11 is 12.7. The number of nitrogens with zero attached hydrogens (tertiary/aromatic N) is 7. The Labute approximate surface area is 354 Å². The number of pyridine rings is 2. The molecule has 8 heterocycles. The molecule has 3 aromatic heterocycles. The van der Waals surface area contributed by atoms with Gasteiger partial charge >= 0.3 is 0 Å². The molecule has 0 aliphatic carbocycles. The Hall–Kier alpha value is -6.06. The molecule has 5 amide bonds. The van der Waals surface area contributed by atoms with E-state index in [1.165, 1.54) is 0 Å². The number of amides is 5. The Balaban J connectivity index is 0.714. The number of likely N-dealkylation sites (tertiary alicyclic amines) is 1. The number of rotatable bonds is 8. The first-order chi connectivity index (χ1) is 28.9. The lowest BCUT2D eigenvalue weighted by Crippen LogP contribution is -2.73. The van der Waals surface area contributed by atoms with Crippen molar-refractivity contribution in [2.45, 2.75) is 44.8 Å². The molecule has 10 rings (SSSR count). The van der Waals surface area contributed by atoms with E-state index in [0.29, 0.717) is 47.3 Å². The van der Waals surface area contributed by atoms with Crippen LogP contribution in [-0.4, -0.2) is 105 Å². The number of hydrogen-bond acceptors (Lipinski definition) is 11. The second kappa shape index (κ2) is 14.6. The lowest BCUT2D eigenvalue weighted by atomic mass is 9.72. The molecule has 1 spiro atoms. The van der Waals surface area contributed by atoms with Gasteiger partial charge in [0.25, 0.3) is 11.8 Å². The molecule has 5 aliphatic heterocycles. The first kappa shape index (κ1) is 38.2. The Morgan fingerprint density at radius 1 is 0.867 bits per heavy atom. The van der Waals surface area contributed by atoms with E-state index in [-0.39, 0.29) is 41.2 Å². The number of fused-ring (bicyclic) bond motifs is 2. The highest BCUT2D eigenvalue weighted by Crippen LogP contribution is 2.43. The van der Waals surface area contributed by atoms with Gasteiger partial charge in [0.05, 0.1) is 26.7 Å². The number of carbonyl (C=O) groups excluding carboxylic acids is 5. The number of nitrogens with one attached hydrogen (secondary N) is 2. The molecule has 306 valence electrons. The van der Waals surface area contributed by atoms with Gasteiger partial charge < -0.3 is 19.4 Å². The van der Waals surface area contributed by atoms with Crippen molar-refractivity contribution in [2.24, 2.45) is 11.3 Å². The van der Waals surface area contributed by atoms with Gasteiger partial charge in [-0.1, -0.05) is 23.2 Å². The number of hydrogen-bond donors (Lipinski definition) is 2.